The smallest absolute Gasteiger partial charge is 0.407 e. The molecule has 76 valence electrons. The van der Waals surface area contributed by atoms with Crippen LogP contribution in [0.15, 0.2) is 0 Å². The summed E-state index contributed by atoms with van der Waals surface area (Å²) >= 11 is 3.37. The number of nitrogens with zero attached hydrogens (tertiary/aromatic N) is 1. The first-order chi connectivity index (χ1) is 6.25. The molecule has 0 aliphatic carbocycles. The van der Waals surface area contributed by atoms with E-state index in [1.54, 1.807) is 4.90 Å². The first kappa shape index (κ1) is 10.8. The minimum Gasteiger partial charge on any atom is -0.465 e. The van der Waals surface area contributed by atoms with Crippen LogP contribution in [0.1, 0.15) is 32.1 Å². The first-order valence-electron chi connectivity index (χ1n) is 4.81. The average Bonchev–Trinajstić information content (AvgIpc) is 2.15. The number of carboxylic acid groups (broad SMARTS) is 1. The summed E-state index contributed by atoms with van der Waals surface area (Å²) in [4.78, 5) is 12.4. The number of alkyl halides is 1. The van der Waals surface area contributed by atoms with Crippen molar-refractivity contribution in [3.63, 3.8) is 0 Å². The highest BCUT2D eigenvalue weighted by Crippen LogP contribution is 2.21. The summed E-state index contributed by atoms with van der Waals surface area (Å²) in [7, 11) is 0. The van der Waals surface area contributed by atoms with Crippen LogP contribution in [0.5, 0.6) is 0 Å². The molecule has 1 atom stereocenters. The molecule has 1 aliphatic heterocycles. The second-order valence-electron chi connectivity index (χ2n) is 3.46. The van der Waals surface area contributed by atoms with E-state index in [0.717, 1.165) is 37.6 Å². The fraction of sp³-hybridized carbons (Fsp3) is 0.889. The van der Waals surface area contributed by atoms with E-state index in [1.807, 2.05) is 0 Å². The number of piperidine rings is 1. The van der Waals surface area contributed by atoms with Crippen molar-refractivity contribution >= 4 is 22.0 Å². The van der Waals surface area contributed by atoms with Gasteiger partial charge in [0.05, 0.1) is 0 Å². The van der Waals surface area contributed by atoms with E-state index in [-0.39, 0.29) is 6.04 Å². The van der Waals surface area contributed by atoms with Gasteiger partial charge in [-0.2, -0.15) is 0 Å². The summed E-state index contributed by atoms with van der Waals surface area (Å²) in [5.74, 6) is 0. The predicted octanol–water partition coefficient (Wildman–Crippen LogP) is 2.69. The molecule has 1 amide bonds. The molecule has 0 bridgehead atoms. The average molecular weight is 250 g/mol. The molecule has 0 saturated carbocycles. The molecule has 3 nitrogen and oxygen atoms in total. The van der Waals surface area contributed by atoms with Gasteiger partial charge in [0.2, 0.25) is 0 Å². The molecule has 1 fully saturated rings. The highest BCUT2D eigenvalue weighted by Gasteiger charge is 2.25. The van der Waals surface area contributed by atoms with Gasteiger partial charge in [0.25, 0.3) is 0 Å². The van der Waals surface area contributed by atoms with Gasteiger partial charge in [0.1, 0.15) is 0 Å². The molecule has 4 heteroatoms. The molecule has 0 aromatic heterocycles. The molecule has 0 radical (unpaired) electrons. The SMILES string of the molecule is O=C(O)N1CCCCC1CCCBr. The van der Waals surface area contributed by atoms with Gasteiger partial charge in [-0.1, -0.05) is 15.9 Å². The van der Waals surface area contributed by atoms with Crippen LogP contribution in [0.25, 0.3) is 0 Å². The van der Waals surface area contributed by atoms with E-state index in [0.29, 0.717) is 0 Å². The molecule has 1 rings (SSSR count). The van der Waals surface area contributed by atoms with Crippen molar-refractivity contribution in [3.05, 3.63) is 0 Å². The highest BCUT2D eigenvalue weighted by atomic mass is 79.9. The van der Waals surface area contributed by atoms with Crippen LogP contribution in [-0.2, 0) is 0 Å². The zero-order valence-corrected chi connectivity index (χ0v) is 9.29. The molecule has 1 N–H and O–H groups in total. The second-order valence-corrected chi connectivity index (χ2v) is 4.25. The fourth-order valence-electron chi connectivity index (χ4n) is 1.87. The highest BCUT2D eigenvalue weighted by molar-refractivity contribution is 9.09. The van der Waals surface area contributed by atoms with E-state index >= 15 is 0 Å². The number of hydrogen-bond donors (Lipinski definition) is 1. The minimum absolute atomic E-state index is 0.267. The van der Waals surface area contributed by atoms with Crippen molar-refractivity contribution in [3.8, 4) is 0 Å². The maximum absolute atomic E-state index is 10.8. The largest absolute Gasteiger partial charge is 0.465 e. The Morgan fingerprint density at radius 2 is 2.31 bits per heavy atom. The van der Waals surface area contributed by atoms with Crippen molar-refractivity contribution < 1.29 is 9.90 Å². The van der Waals surface area contributed by atoms with E-state index in [4.69, 9.17) is 5.11 Å². The molecule has 0 aromatic carbocycles. The molecule has 0 spiro atoms. The lowest BCUT2D eigenvalue weighted by Crippen LogP contribution is -2.42. The van der Waals surface area contributed by atoms with Crippen LogP contribution in [0, 0.1) is 0 Å². The molecular weight excluding hydrogens is 234 g/mol. The third-order valence-electron chi connectivity index (χ3n) is 2.54. The lowest BCUT2D eigenvalue weighted by molar-refractivity contribution is 0.103. The molecule has 1 saturated heterocycles. The molecule has 0 aromatic rings. The summed E-state index contributed by atoms with van der Waals surface area (Å²) in [5.41, 5.74) is 0. The zero-order chi connectivity index (χ0) is 9.68. The maximum atomic E-state index is 10.8. The third-order valence-corrected chi connectivity index (χ3v) is 3.10. The number of amides is 1. The predicted molar refractivity (Wildman–Crippen MR) is 55.4 cm³/mol. The van der Waals surface area contributed by atoms with Gasteiger partial charge in [-0.15, -0.1) is 0 Å². The van der Waals surface area contributed by atoms with Gasteiger partial charge in [-0.3, -0.25) is 0 Å². The summed E-state index contributed by atoms with van der Waals surface area (Å²) < 4.78 is 0. The van der Waals surface area contributed by atoms with Crippen molar-refractivity contribution in [1.82, 2.24) is 4.90 Å². The Bertz CT molecular complexity index is 175. The number of carbonyl (C=O) groups is 1. The monoisotopic (exact) mass is 249 g/mol. The van der Waals surface area contributed by atoms with Gasteiger partial charge in [-0.05, 0) is 32.1 Å². The van der Waals surface area contributed by atoms with Gasteiger partial charge in [-0.25, -0.2) is 4.79 Å². The van der Waals surface area contributed by atoms with Crippen LogP contribution < -0.4 is 0 Å². The van der Waals surface area contributed by atoms with Gasteiger partial charge in [0.15, 0.2) is 0 Å². The summed E-state index contributed by atoms with van der Waals surface area (Å²) in [6, 6.07) is 0.267. The standard InChI is InChI=1S/C9H16BrNO2/c10-6-3-5-8-4-1-2-7-11(8)9(12)13/h8H,1-7H2,(H,12,13). The van der Waals surface area contributed by atoms with Crippen molar-refractivity contribution in [2.75, 3.05) is 11.9 Å². The number of halogens is 1. The van der Waals surface area contributed by atoms with Crippen molar-refractivity contribution in [2.45, 2.75) is 38.1 Å². The Morgan fingerprint density at radius 3 is 2.92 bits per heavy atom. The maximum Gasteiger partial charge on any atom is 0.407 e. The summed E-state index contributed by atoms with van der Waals surface area (Å²) in [6.45, 7) is 0.724. The van der Waals surface area contributed by atoms with Crippen LogP contribution in [0.4, 0.5) is 4.79 Å². The number of hydrogen-bond acceptors (Lipinski definition) is 1. The first-order valence-corrected chi connectivity index (χ1v) is 5.93. The Labute approximate surface area is 87.2 Å². The molecule has 1 aliphatic rings. The summed E-state index contributed by atoms with van der Waals surface area (Å²) in [6.07, 6.45) is 4.55. The summed E-state index contributed by atoms with van der Waals surface area (Å²) in [5, 5.41) is 9.89. The van der Waals surface area contributed by atoms with E-state index < -0.39 is 6.09 Å². The third kappa shape index (κ3) is 3.18. The van der Waals surface area contributed by atoms with Crippen LogP contribution >= 0.6 is 15.9 Å². The van der Waals surface area contributed by atoms with Gasteiger partial charge < -0.3 is 10.0 Å². The topological polar surface area (TPSA) is 40.5 Å². The molecular formula is C9H16BrNO2. The van der Waals surface area contributed by atoms with Crippen molar-refractivity contribution in [2.24, 2.45) is 0 Å². The zero-order valence-electron chi connectivity index (χ0n) is 7.71. The van der Waals surface area contributed by atoms with E-state index in [2.05, 4.69) is 15.9 Å². The molecule has 1 unspecified atom stereocenters. The second kappa shape index (κ2) is 5.47. The Balaban J connectivity index is 2.41. The molecule has 13 heavy (non-hydrogen) atoms. The lowest BCUT2D eigenvalue weighted by atomic mass is 9.99. The van der Waals surface area contributed by atoms with Crippen molar-refractivity contribution in [1.29, 1.82) is 0 Å². The minimum atomic E-state index is -0.751. The van der Waals surface area contributed by atoms with E-state index in [9.17, 15) is 4.79 Å². The Hall–Kier alpha value is -0.250. The number of likely N-dealkylation sites (tertiary alicyclic amines) is 1. The Morgan fingerprint density at radius 1 is 1.54 bits per heavy atom. The quantitative estimate of drug-likeness (QED) is 0.782. The van der Waals surface area contributed by atoms with Crippen LogP contribution in [0.3, 0.4) is 0 Å². The fourth-order valence-corrected chi connectivity index (χ4v) is 2.19. The van der Waals surface area contributed by atoms with E-state index in [1.165, 1.54) is 6.42 Å². The molecule has 1 heterocycles. The number of rotatable bonds is 3. The lowest BCUT2D eigenvalue weighted by Gasteiger charge is -2.33. The van der Waals surface area contributed by atoms with Gasteiger partial charge >= 0.3 is 6.09 Å². The van der Waals surface area contributed by atoms with Gasteiger partial charge in [0, 0.05) is 17.9 Å². The Kier molecular flexibility index (Phi) is 4.56. The van der Waals surface area contributed by atoms with Crippen LogP contribution in [0.2, 0.25) is 0 Å². The normalized spacial score (nSPS) is 23.2. The van der Waals surface area contributed by atoms with Crippen LogP contribution in [-0.4, -0.2) is 34.0 Å².